The first kappa shape index (κ1) is 16.7. The lowest BCUT2D eigenvalue weighted by atomic mass is 9.99. The molecule has 0 fully saturated rings. The maximum absolute atomic E-state index is 12.1. The number of nitrogens with one attached hydrogen (secondary N) is 1. The van der Waals surface area contributed by atoms with Gasteiger partial charge in [0, 0.05) is 11.1 Å². The van der Waals surface area contributed by atoms with Crippen LogP contribution in [0.2, 0.25) is 0 Å². The third kappa shape index (κ3) is 3.36. The van der Waals surface area contributed by atoms with E-state index in [2.05, 4.69) is 23.0 Å². The molecular formula is C21H19N3O. The van der Waals surface area contributed by atoms with Gasteiger partial charge < -0.3 is 4.98 Å². The van der Waals surface area contributed by atoms with E-state index in [1.165, 1.54) is 0 Å². The molecule has 0 amide bonds. The fraction of sp³-hybridized carbons (Fsp3) is 0.190. The third-order valence-corrected chi connectivity index (χ3v) is 4.26. The number of hydrogen-bond donors (Lipinski definition) is 1. The van der Waals surface area contributed by atoms with E-state index in [1.807, 2.05) is 49.4 Å². The summed E-state index contributed by atoms with van der Waals surface area (Å²) >= 11 is 0. The van der Waals surface area contributed by atoms with Crippen LogP contribution in [0.3, 0.4) is 0 Å². The molecule has 3 rings (SSSR count). The topological polar surface area (TPSA) is 69.5 Å². The predicted octanol–water partition coefficient (Wildman–Crippen LogP) is 4.24. The van der Waals surface area contributed by atoms with Crippen molar-refractivity contribution in [1.29, 1.82) is 5.26 Å². The molecule has 0 radical (unpaired) electrons. The Labute approximate surface area is 146 Å². The van der Waals surface area contributed by atoms with Gasteiger partial charge in [0.05, 0.1) is 17.3 Å². The van der Waals surface area contributed by atoms with Crippen LogP contribution >= 0.6 is 0 Å². The lowest BCUT2D eigenvalue weighted by Gasteiger charge is -2.08. The molecule has 1 N–H and O–H groups in total. The number of nitrogens with zero attached hydrogens (tertiary/aromatic N) is 2. The average Bonchev–Trinajstić information content (AvgIpc) is 2.65. The Hall–Kier alpha value is -3.19. The van der Waals surface area contributed by atoms with Gasteiger partial charge >= 0.3 is 0 Å². The molecule has 0 saturated heterocycles. The zero-order valence-electron chi connectivity index (χ0n) is 14.3. The van der Waals surface area contributed by atoms with Gasteiger partial charge in [-0.1, -0.05) is 55.8 Å². The fourth-order valence-corrected chi connectivity index (χ4v) is 2.84. The van der Waals surface area contributed by atoms with E-state index >= 15 is 0 Å². The van der Waals surface area contributed by atoms with E-state index in [0.29, 0.717) is 17.0 Å². The second kappa shape index (κ2) is 7.14. The normalized spacial score (nSPS) is 10.4. The standard InChI is InChI=1S/C21H19N3O/c1-3-6-19-14(2)21(25)24-20(23-19)16-11-9-15(10-12-16)18-8-5-4-7-17(18)13-22/h4-5,7-12H,3,6H2,1-2H3,(H,23,24,25). The summed E-state index contributed by atoms with van der Waals surface area (Å²) in [4.78, 5) is 19.6. The summed E-state index contributed by atoms with van der Waals surface area (Å²) in [7, 11) is 0. The number of benzene rings is 2. The largest absolute Gasteiger partial charge is 0.306 e. The Morgan fingerprint density at radius 1 is 1.08 bits per heavy atom. The first-order valence-electron chi connectivity index (χ1n) is 8.33. The summed E-state index contributed by atoms with van der Waals surface area (Å²) < 4.78 is 0. The SMILES string of the molecule is CCCc1nc(-c2ccc(-c3ccccc3C#N)cc2)[nH]c(=O)c1C. The van der Waals surface area contributed by atoms with Crippen molar-refractivity contribution in [1.82, 2.24) is 9.97 Å². The summed E-state index contributed by atoms with van der Waals surface area (Å²) in [6.45, 7) is 3.88. The molecule has 0 spiro atoms. The summed E-state index contributed by atoms with van der Waals surface area (Å²) in [6, 6.07) is 17.5. The molecule has 1 aromatic heterocycles. The van der Waals surface area contributed by atoms with Crippen LogP contribution in [0.4, 0.5) is 0 Å². The molecule has 0 unspecified atom stereocenters. The van der Waals surface area contributed by atoms with Gasteiger partial charge in [0.25, 0.3) is 5.56 Å². The molecule has 4 heteroatoms. The Bertz CT molecular complexity index is 995. The van der Waals surface area contributed by atoms with Crippen LogP contribution < -0.4 is 5.56 Å². The van der Waals surface area contributed by atoms with Gasteiger partial charge in [-0.3, -0.25) is 4.79 Å². The number of aryl methyl sites for hydroxylation is 1. The monoisotopic (exact) mass is 329 g/mol. The van der Waals surface area contributed by atoms with Gasteiger partial charge in [0.15, 0.2) is 0 Å². The molecule has 4 nitrogen and oxygen atoms in total. The number of aromatic amines is 1. The van der Waals surface area contributed by atoms with Crippen molar-refractivity contribution in [2.24, 2.45) is 0 Å². The Balaban J connectivity index is 2.01. The Morgan fingerprint density at radius 2 is 1.76 bits per heavy atom. The van der Waals surface area contributed by atoms with Crippen molar-refractivity contribution in [3.05, 3.63) is 75.7 Å². The molecule has 0 aliphatic heterocycles. The highest BCUT2D eigenvalue weighted by molar-refractivity contribution is 5.72. The maximum atomic E-state index is 12.1. The van der Waals surface area contributed by atoms with Gasteiger partial charge in [-0.25, -0.2) is 4.98 Å². The number of hydrogen-bond acceptors (Lipinski definition) is 3. The van der Waals surface area contributed by atoms with E-state index in [0.717, 1.165) is 35.2 Å². The fourth-order valence-electron chi connectivity index (χ4n) is 2.84. The average molecular weight is 329 g/mol. The van der Waals surface area contributed by atoms with Crippen molar-refractivity contribution < 1.29 is 0 Å². The van der Waals surface area contributed by atoms with E-state index in [9.17, 15) is 10.1 Å². The summed E-state index contributed by atoms with van der Waals surface area (Å²) in [5.41, 5.74) is 4.80. The van der Waals surface area contributed by atoms with E-state index in [-0.39, 0.29) is 5.56 Å². The lowest BCUT2D eigenvalue weighted by Crippen LogP contribution is -2.16. The third-order valence-electron chi connectivity index (χ3n) is 4.26. The molecule has 25 heavy (non-hydrogen) atoms. The second-order valence-electron chi connectivity index (χ2n) is 5.97. The van der Waals surface area contributed by atoms with Crippen molar-refractivity contribution in [3.8, 4) is 28.6 Å². The predicted molar refractivity (Wildman–Crippen MR) is 99.2 cm³/mol. The van der Waals surface area contributed by atoms with Gasteiger partial charge in [-0.15, -0.1) is 0 Å². The van der Waals surface area contributed by atoms with Crippen LogP contribution in [0.1, 0.15) is 30.2 Å². The quantitative estimate of drug-likeness (QED) is 0.778. The first-order valence-corrected chi connectivity index (χ1v) is 8.33. The highest BCUT2D eigenvalue weighted by Crippen LogP contribution is 2.25. The van der Waals surface area contributed by atoms with Gasteiger partial charge in [-0.2, -0.15) is 5.26 Å². The minimum Gasteiger partial charge on any atom is -0.306 e. The summed E-state index contributed by atoms with van der Waals surface area (Å²) in [6.07, 6.45) is 1.73. The highest BCUT2D eigenvalue weighted by atomic mass is 16.1. The van der Waals surface area contributed by atoms with Crippen LogP contribution in [-0.4, -0.2) is 9.97 Å². The molecule has 0 saturated carbocycles. The molecule has 0 atom stereocenters. The molecule has 124 valence electrons. The molecule has 1 heterocycles. The smallest absolute Gasteiger partial charge is 0.254 e. The van der Waals surface area contributed by atoms with Crippen molar-refractivity contribution in [3.63, 3.8) is 0 Å². The lowest BCUT2D eigenvalue weighted by molar-refractivity contribution is 0.854. The maximum Gasteiger partial charge on any atom is 0.254 e. The van der Waals surface area contributed by atoms with Crippen LogP contribution in [0.15, 0.2) is 53.3 Å². The molecule has 0 bridgehead atoms. The Morgan fingerprint density at radius 3 is 2.44 bits per heavy atom. The number of aromatic nitrogens is 2. The number of nitriles is 1. The number of rotatable bonds is 4. The number of H-pyrrole nitrogens is 1. The molecule has 0 aliphatic carbocycles. The van der Waals surface area contributed by atoms with Gasteiger partial charge in [0.2, 0.25) is 0 Å². The van der Waals surface area contributed by atoms with Gasteiger partial charge in [-0.05, 0) is 30.5 Å². The molecular weight excluding hydrogens is 310 g/mol. The Kier molecular flexibility index (Phi) is 4.76. The van der Waals surface area contributed by atoms with E-state index in [4.69, 9.17) is 0 Å². The van der Waals surface area contributed by atoms with Crippen LogP contribution in [0.5, 0.6) is 0 Å². The zero-order chi connectivity index (χ0) is 17.8. The van der Waals surface area contributed by atoms with Crippen LogP contribution in [0.25, 0.3) is 22.5 Å². The van der Waals surface area contributed by atoms with Crippen molar-refractivity contribution in [2.75, 3.05) is 0 Å². The van der Waals surface area contributed by atoms with Crippen molar-refractivity contribution in [2.45, 2.75) is 26.7 Å². The summed E-state index contributed by atoms with van der Waals surface area (Å²) in [5.74, 6) is 0.583. The van der Waals surface area contributed by atoms with Gasteiger partial charge in [0.1, 0.15) is 5.82 Å². The van der Waals surface area contributed by atoms with E-state index < -0.39 is 0 Å². The van der Waals surface area contributed by atoms with Crippen molar-refractivity contribution >= 4 is 0 Å². The second-order valence-corrected chi connectivity index (χ2v) is 5.97. The first-order chi connectivity index (χ1) is 12.1. The molecule has 0 aliphatic rings. The zero-order valence-corrected chi connectivity index (χ0v) is 14.3. The molecule has 2 aromatic carbocycles. The van der Waals surface area contributed by atoms with Crippen LogP contribution in [0, 0.1) is 18.3 Å². The van der Waals surface area contributed by atoms with E-state index in [1.54, 1.807) is 6.07 Å². The highest BCUT2D eigenvalue weighted by Gasteiger charge is 2.09. The van der Waals surface area contributed by atoms with Crippen LogP contribution in [-0.2, 0) is 6.42 Å². The minimum atomic E-state index is -0.0904. The summed E-state index contributed by atoms with van der Waals surface area (Å²) in [5, 5.41) is 9.25. The minimum absolute atomic E-state index is 0.0904. The molecule has 3 aromatic rings.